The maximum atomic E-state index is 12.1. The Hall–Kier alpha value is -1.72. The zero-order valence-corrected chi connectivity index (χ0v) is 15.7. The van der Waals surface area contributed by atoms with Gasteiger partial charge in [0.1, 0.15) is 5.01 Å². The van der Waals surface area contributed by atoms with Crippen molar-refractivity contribution in [2.75, 3.05) is 19.6 Å². The lowest BCUT2D eigenvalue weighted by Gasteiger charge is -2.33. The van der Waals surface area contributed by atoms with Crippen LogP contribution in [-0.2, 0) is 11.2 Å². The zero-order valence-electron chi connectivity index (χ0n) is 14.9. The number of benzene rings is 1. The van der Waals surface area contributed by atoms with Crippen molar-refractivity contribution in [3.05, 3.63) is 41.4 Å². The van der Waals surface area contributed by atoms with Crippen molar-refractivity contribution in [3.8, 4) is 10.6 Å². The van der Waals surface area contributed by atoms with Crippen molar-refractivity contribution >= 4 is 17.2 Å². The highest BCUT2D eigenvalue weighted by molar-refractivity contribution is 7.13. The Morgan fingerprint density at radius 2 is 2.16 bits per heavy atom. The number of thiazole rings is 1. The van der Waals surface area contributed by atoms with E-state index in [1.807, 2.05) is 35.7 Å². The highest BCUT2D eigenvalue weighted by atomic mass is 32.1. The maximum absolute atomic E-state index is 12.1. The van der Waals surface area contributed by atoms with E-state index in [2.05, 4.69) is 22.1 Å². The van der Waals surface area contributed by atoms with E-state index in [0.29, 0.717) is 12.5 Å². The van der Waals surface area contributed by atoms with Crippen LogP contribution in [0.3, 0.4) is 0 Å². The second kappa shape index (κ2) is 9.11. The van der Waals surface area contributed by atoms with Gasteiger partial charge in [-0.25, -0.2) is 4.98 Å². The number of likely N-dealkylation sites (tertiary alicyclic amines) is 1. The molecule has 0 saturated carbocycles. The van der Waals surface area contributed by atoms with E-state index in [-0.39, 0.29) is 5.91 Å². The van der Waals surface area contributed by atoms with E-state index in [1.54, 1.807) is 11.3 Å². The summed E-state index contributed by atoms with van der Waals surface area (Å²) in [6, 6.07) is 10.8. The molecule has 2 heterocycles. The number of carbonyl (C=O) groups excluding carboxylic acids is 1. The lowest BCUT2D eigenvalue weighted by Crippen LogP contribution is -2.39. The summed E-state index contributed by atoms with van der Waals surface area (Å²) in [6.07, 6.45) is 5.35. The molecule has 0 bridgehead atoms. The summed E-state index contributed by atoms with van der Waals surface area (Å²) in [4.78, 5) is 19.2. The lowest BCUT2D eigenvalue weighted by atomic mass is 10.0. The molecule has 25 heavy (non-hydrogen) atoms. The summed E-state index contributed by atoms with van der Waals surface area (Å²) in [7, 11) is 0. The van der Waals surface area contributed by atoms with Crippen LogP contribution in [-0.4, -0.2) is 41.5 Å². The van der Waals surface area contributed by atoms with Crippen LogP contribution in [0.15, 0.2) is 35.7 Å². The number of hydrogen-bond donors (Lipinski definition) is 1. The van der Waals surface area contributed by atoms with Crippen molar-refractivity contribution in [3.63, 3.8) is 0 Å². The molecule has 1 atom stereocenters. The average Bonchev–Trinajstić information content (AvgIpc) is 3.09. The molecular formula is C20H27N3OS. The SMILES string of the molecule is C[C@@H]1CCCCN1CCCNC(=O)Cc1csc(-c2ccccc2)n1. The molecule has 1 aromatic carbocycles. The fourth-order valence-electron chi connectivity index (χ4n) is 3.33. The van der Waals surface area contributed by atoms with Gasteiger partial charge in [-0.15, -0.1) is 11.3 Å². The van der Waals surface area contributed by atoms with Gasteiger partial charge in [-0.3, -0.25) is 4.79 Å². The molecule has 1 aromatic heterocycles. The highest BCUT2D eigenvalue weighted by Gasteiger charge is 2.17. The molecule has 5 heteroatoms. The van der Waals surface area contributed by atoms with Gasteiger partial charge in [-0.05, 0) is 32.7 Å². The van der Waals surface area contributed by atoms with Gasteiger partial charge in [0.15, 0.2) is 0 Å². The number of nitrogens with one attached hydrogen (secondary N) is 1. The molecule has 1 saturated heterocycles. The summed E-state index contributed by atoms with van der Waals surface area (Å²) >= 11 is 1.59. The summed E-state index contributed by atoms with van der Waals surface area (Å²) in [6.45, 7) is 5.34. The van der Waals surface area contributed by atoms with Crippen molar-refractivity contribution in [1.29, 1.82) is 0 Å². The molecule has 1 N–H and O–H groups in total. The highest BCUT2D eigenvalue weighted by Crippen LogP contribution is 2.23. The largest absolute Gasteiger partial charge is 0.356 e. The van der Waals surface area contributed by atoms with Crippen molar-refractivity contribution in [2.45, 2.75) is 45.1 Å². The smallest absolute Gasteiger partial charge is 0.226 e. The van der Waals surface area contributed by atoms with Crippen LogP contribution in [0.4, 0.5) is 0 Å². The van der Waals surface area contributed by atoms with Crippen LogP contribution in [0.2, 0.25) is 0 Å². The third-order valence-corrected chi connectivity index (χ3v) is 5.74. The van der Waals surface area contributed by atoms with E-state index in [4.69, 9.17) is 0 Å². The van der Waals surface area contributed by atoms with E-state index in [0.717, 1.165) is 35.8 Å². The van der Waals surface area contributed by atoms with Crippen LogP contribution >= 0.6 is 11.3 Å². The molecule has 0 unspecified atom stereocenters. The van der Waals surface area contributed by atoms with Crippen LogP contribution in [0, 0.1) is 0 Å². The monoisotopic (exact) mass is 357 g/mol. The summed E-state index contributed by atoms with van der Waals surface area (Å²) in [5.41, 5.74) is 1.96. The van der Waals surface area contributed by atoms with Crippen molar-refractivity contribution in [2.24, 2.45) is 0 Å². The van der Waals surface area contributed by atoms with Gasteiger partial charge < -0.3 is 10.2 Å². The standard InChI is InChI=1S/C20H27N3OS/c1-16-8-5-6-12-23(16)13-7-11-21-19(24)14-18-15-25-20(22-18)17-9-3-2-4-10-17/h2-4,9-10,15-16H,5-8,11-14H2,1H3,(H,21,24)/t16-/m1/s1. The Morgan fingerprint density at radius 1 is 1.32 bits per heavy atom. The second-order valence-electron chi connectivity index (χ2n) is 6.77. The quantitative estimate of drug-likeness (QED) is 0.768. The van der Waals surface area contributed by atoms with Gasteiger partial charge in [0.25, 0.3) is 0 Å². The first-order valence-electron chi connectivity index (χ1n) is 9.23. The summed E-state index contributed by atoms with van der Waals surface area (Å²) in [5, 5.41) is 5.99. The minimum absolute atomic E-state index is 0.0663. The molecule has 134 valence electrons. The number of hydrogen-bond acceptors (Lipinski definition) is 4. The topological polar surface area (TPSA) is 45.2 Å². The Kier molecular flexibility index (Phi) is 6.59. The molecule has 1 aliphatic heterocycles. The molecule has 0 spiro atoms. The van der Waals surface area contributed by atoms with E-state index in [9.17, 15) is 4.79 Å². The number of aromatic nitrogens is 1. The number of nitrogens with zero attached hydrogens (tertiary/aromatic N) is 2. The van der Waals surface area contributed by atoms with Gasteiger partial charge in [0.2, 0.25) is 5.91 Å². The molecule has 1 fully saturated rings. The van der Waals surface area contributed by atoms with Gasteiger partial charge in [0, 0.05) is 30.1 Å². The molecule has 4 nitrogen and oxygen atoms in total. The van der Waals surface area contributed by atoms with Crippen molar-refractivity contribution in [1.82, 2.24) is 15.2 Å². The van der Waals surface area contributed by atoms with Gasteiger partial charge in [0.05, 0.1) is 12.1 Å². The molecule has 1 amide bonds. The van der Waals surface area contributed by atoms with Gasteiger partial charge in [-0.2, -0.15) is 0 Å². The fraction of sp³-hybridized carbons (Fsp3) is 0.500. The van der Waals surface area contributed by atoms with Crippen LogP contribution in [0.25, 0.3) is 10.6 Å². The van der Waals surface area contributed by atoms with Gasteiger partial charge >= 0.3 is 0 Å². The first-order chi connectivity index (χ1) is 12.2. The Labute approximate surface area is 154 Å². The Balaban J connectivity index is 1.39. The molecule has 0 radical (unpaired) electrons. The van der Waals surface area contributed by atoms with Crippen LogP contribution in [0.1, 0.15) is 38.3 Å². The zero-order chi connectivity index (χ0) is 17.5. The minimum Gasteiger partial charge on any atom is -0.356 e. The average molecular weight is 358 g/mol. The molecule has 3 rings (SSSR count). The number of amides is 1. The predicted molar refractivity (Wildman–Crippen MR) is 104 cm³/mol. The first kappa shape index (κ1) is 18.1. The summed E-state index contributed by atoms with van der Waals surface area (Å²) < 4.78 is 0. The van der Waals surface area contributed by atoms with E-state index < -0.39 is 0 Å². The normalized spacial score (nSPS) is 18.2. The Bertz CT molecular complexity index is 671. The molecule has 2 aromatic rings. The number of piperidine rings is 1. The first-order valence-corrected chi connectivity index (χ1v) is 10.1. The van der Waals surface area contributed by atoms with Gasteiger partial charge in [-0.1, -0.05) is 36.8 Å². The number of carbonyl (C=O) groups is 1. The number of rotatable bonds is 7. The lowest BCUT2D eigenvalue weighted by molar-refractivity contribution is -0.120. The second-order valence-corrected chi connectivity index (χ2v) is 7.63. The summed E-state index contributed by atoms with van der Waals surface area (Å²) in [5.74, 6) is 0.0663. The third-order valence-electron chi connectivity index (χ3n) is 4.80. The minimum atomic E-state index is 0.0663. The maximum Gasteiger partial charge on any atom is 0.226 e. The molecule has 0 aliphatic carbocycles. The Morgan fingerprint density at radius 3 is 2.96 bits per heavy atom. The van der Waals surface area contributed by atoms with E-state index in [1.165, 1.54) is 25.8 Å². The molecular weight excluding hydrogens is 330 g/mol. The van der Waals surface area contributed by atoms with Crippen LogP contribution in [0.5, 0.6) is 0 Å². The fourth-order valence-corrected chi connectivity index (χ4v) is 4.15. The molecule has 1 aliphatic rings. The predicted octanol–water partition coefficient (Wildman–Crippen LogP) is 3.73. The third kappa shape index (κ3) is 5.38. The van der Waals surface area contributed by atoms with Crippen molar-refractivity contribution < 1.29 is 4.79 Å². The van der Waals surface area contributed by atoms with Crippen LogP contribution < -0.4 is 5.32 Å². The van der Waals surface area contributed by atoms with E-state index >= 15 is 0 Å².